The lowest BCUT2D eigenvalue weighted by molar-refractivity contribution is 0.0615. The third-order valence-corrected chi connectivity index (χ3v) is 5.44. The number of amides is 1. The number of nitrogens with two attached hydrogens (primary N) is 1. The summed E-state index contributed by atoms with van der Waals surface area (Å²) in [6.45, 7) is 1.13. The Kier molecular flexibility index (Phi) is 5.81. The zero-order chi connectivity index (χ0) is 18.3. The average Bonchev–Trinajstić information content (AvgIpc) is 3.26. The molecular weight excluding hydrogens is 374 g/mol. The summed E-state index contributed by atoms with van der Waals surface area (Å²) in [5, 5.41) is 4.51. The minimum atomic E-state index is -0.920. The number of aromatic nitrogens is 2. The lowest BCUT2D eigenvalue weighted by Gasteiger charge is -2.34. The Balaban J connectivity index is 0.00000210. The van der Waals surface area contributed by atoms with Crippen molar-refractivity contribution in [3.8, 4) is 5.69 Å². The summed E-state index contributed by atoms with van der Waals surface area (Å²) in [5.74, 6) is -1.91. The van der Waals surface area contributed by atoms with Gasteiger partial charge in [0.05, 0.1) is 5.69 Å². The Morgan fingerprint density at radius 1 is 1.19 bits per heavy atom. The summed E-state index contributed by atoms with van der Waals surface area (Å²) in [4.78, 5) is 15.0. The van der Waals surface area contributed by atoms with Gasteiger partial charge < -0.3 is 10.6 Å². The number of hydrogen-bond acceptors (Lipinski definition) is 3. The molecule has 8 heteroatoms. The fourth-order valence-corrected chi connectivity index (χ4v) is 4.09. The number of hydrogen-bond donors (Lipinski definition) is 1. The van der Waals surface area contributed by atoms with Crippen molar-refractivity contribution in [2.24, 2.45) is 5.73 Å². The SMILES string of the molecule is Cl.NCC1CCCCN1C(=O)c1nn(-c2ccc(F)c(F)c2)c2c1CCC2. The highest BCUT2D eigenvalue weighted by atomic mass is 35.5. The molecule has 1 aliphatic carbocycles. The molecule has 2 heterocycles. The molecule has 0 bridgehead atoms. The smallest absolute Gasteiger partial charge is 0.274 e. The van der Waals surface area contributed by atoms with Crippen LogP contribution in [0.1, 0.15) is 47.4 Å². The number of piperidine rings is 1. The molecule has 2 N–H and O–H groups in total. The average molecular weight is 397 g/mol. The highest BCUT2D eigenvalue weighted by Gasteiger charge is 2.33. The van der Waals surface area contributed by atoms with Crippen LogP contribution < -0.4 is 5.73 Å². The predicted molar refractivity (Wildman–Crippen MR) is 100 cm³/mol. The van der Waals surface area contributed by atoms with E-state index in [0.717, 1.165) is 61.9 Å². The van der Waals surface area contributed by atoms with Gasteiger partial charge in [-0.25, -0.2) is 13.5 Å². The molecule has 1 aromatic carbocycles. The van der Waals surface area contributed by atoms with Crippen LogP contribution in [0.5, 0.6) is 0 Å². The molecule has 2 aliphatic rings. The molecule has 2 aromatic rings. The molecule has 146 valence electrons. The molecule has 0 radical (unpaired) electrons. The molecule has 5 nitrogen and oxygen atoms in total. The van der Waals surface area contributed by atoms with Crippen molar-refractivity contribution in [2.45, 2.75) is 44.6 Å². The normalized spacial score (nSPS) is 18.9. The summed E-state index contributed by atoms with van der Waals surface area (Å²) >= 11 is 0. The first-order valence-electron chi connectivity index (χ1n) is 9.17. The molecule has 1 fully saturated rings. The molecule has 1 atom stereocenters. The molecule has 0 saturated carbocycles. The number of carbonyl (C=O) groups is 1. The molecule has 1 amide bonds. The number of fused-ring (bicyclic) bond motifs is 1. The summed E-state index contributed by atoms with van der Waals surface area (Å²) in [7, 11) is 0. The van der Waals surface area contributed by atoms with Crippen LogP contribution in [0, 0.1) is 11.6 Å². The van der Waals surface area contributed by atoms with Gasteiger partial charge in [-0.05, 0) is 50.7 Å². The first-order chi connectivity index (χ1) is 12.6. The van der Waals surface area contributed by atoms with Crippen LogP contribution in [0.25, 0.3) is 5.69 Å². The van der Waals surface area contributed by atoms with E-state index < -0.39 is 11.6 Å². The van der Waals surface area contributed by atoms with Gasteiger partial charge in [0.25, 0.3) is 5.91 Å². The summed E-state index contributed by atoms with van der Waals surface area (Å²) in [6.07, 6.45) is 5.43. The van der Waals surface area contributed by atoms with Gasteiger partial charge in [-0.15, -0.1) is 12.4 Å². The number of rotatable bonds is 3. The maximum absolute atomic E-state index is 13.7. The Bertz CT molecular complexity index is 854. The molecule has 1 saturated heterocycles. The van der Waals surface area contributed by atoms with E-state index in [1.807, 2.05) is 4.90 Å². The van der Waals surface area contributed by atoms with Crippen LogP contribution in [0.3, 0.4) is 0 Å². The van der Waals surface area contributed by atoms with E-state index in [1.54, 1.807) is 4.68 Å². The lowest BCUT2D eigenvalue weighted by Crippen LogP contribution is -2.47. The summed E-state index contributed by atoms with van der Waals surface area (Å²) < 4.78 is 28.5. The monoisotopic (exact) mass is 396 g/mol. The minimum absolute atomic E-state index is 0. The van der Waals surface area contributed by atoms with Crippen LogP contribution in [0.4, 0.5) is 8.78 Å². The lowest BCUT2D eigenvalue weighted by atomic mass is 10.0. The van der Waals surface area contributed by atoms with E-state index in [0.29, 0.717) is 24.5 Å². The fourth-order valence-electron chi connectivity index (χ4n) is 4.09. The minimum Gasteiger partial charge on any atom is -0.333 e. The van der Waals surface area contributed by atoms with Crippen molar-refractivity contribution in [3.63, 3.8) is 0 Å². The first kappa shape index (κ1) is 19.8. The van der Waals surface area contributed by atoms with Gasteiger partial charge >= 0.3 is 0 Å². The van der Waals surface area contributed by atoms with E-state index in [1.165, 1.54) is 6.07 Å². The van der Waals surface area contributed by atoms with E-state index >= 15 is 0 Å². The number of nitrogens with zero attached hydrogens (tertiary/aromatic N) is 3. The zero-order valence-corrected chi connectivity index (χ0v) is 15.8. The van der Waals surface area contributed by atoms with Gasteiger partial charge in [0.15, 0.2) is 17.3 Å². The van der Waals surface area contributed by atoms with Crippen molar-refractivity contribution in [1.82, 2.24) is 14.7 Å². The van der Waals surface area contributed by atoms with E-state index in [9.17, 15) is 13.6 Å². The first-order valence-corrected chi connectivity index (χ1v) is 9.17. The number of carbonyl (C=O) groups excluding carboxylic acids is 1. The van der Waals surface area contributed by atoms with E-state index in [-0.39, 0.29) is 24.4 Å². The number of halogens is 3. The van der Waals surface area contributed by atoms with Crippen LogP contribution in [-0.2, 0) is 12.8 Å². The topological polar surface area (TPSA) is 64.2 Å². The Hall–Kier alpha value is -1.99. The standard InChI is InChI=1S/C19H22F2N4O.ClH/c20-15-8-7-12(10-16(15)21)25-17-6-3-5-14(17)18(23-25)19(26)24-9-2-1-4-13(24)11-22;/h7-8,10,13H,1-6,9,11,22H2;1H. The summed E-state index contributed by atoms with van der Waals surface area (Å²) in [6, 6.07) is 3.74. The predicted octanol–water partition coefficient (Wildman–Crippen LogP) is 3.01. The number of likely N-dealkylation sites (tertiary alicyclic amines) is 1. The molecule has 1 aliphatic heterocycles. The second kappa shape index (κ2) is 7.94. The third kappa shape index (κ3) is 3.46. The van der Waals surface area contributed by atoms with Crippen LogP contribution in [0.15, 0.2) is 18.2 Å². The highest BCUT2D eigenvalue weighted by Crippen LogP contribution is 2.30. The summed E-state index contributed by atoms with van der Waals surface area (Å²) in [5.41, 5.74) is 8.57. The highest BCUT2D eigenvalue weighted by molar-refractivity contribution is 5.94. The molecule has 1 aromatic heterocycles. The quantitative estimate of drug-likeness (QED) is 0.867. The van der Waals surface area contributed by atoms with Crippen LogP contribution >= 0.6 is 12.4 Å². The molecular formula is C19H23ClF2N4O. The van der Waals surface area contributed by atoms with Crippen molar-refractivity contribution >= 4 is 18.3 Å². The van der Waals surface area contributed by atoms with Gasteiger partial charge in [0, 0.05) is 36.5 Å². The van der Waals surface area contributed by atoms with Crippen LogP contribution in [0.2, 0.25) is 0 Å². The van der Waals surface area contributed by atoms with Gasteiger partial charge in [-0.1, -0.05) is 0 Å². The van der Waals surface area contributed by atoms with Crippen molar-refractivity contribution < 1.29 is 13.6 Å². The Morgan fingerprint density at radius 3 is 2.74 bits per heavy atom. The van der Waals surface area contributed by atoms with Crippen molar-refractivity contribution in [3.05, 3.63) is 46.8 Å². The second-order valence-corrected chi connectivity index (χ2v) is 7.02. The molecule has 27 heavy (non-hydrogen) atoms. The second-order valence-electron chi connectivity index (χ2n) is 7.02. The maximum atomic E-state index is 13.7. The Labute approximate surface area is 162 Å². The Morgan fingerprint density at radius 2 is 2.00 bits per heavy atom. The maximum Gasteiger partial charge on any atom is 0.274 e. The van der Waals surface area contributed by atoms with Gasteiger partial charge in [0.1, 0.15) is 0 Å². The van der Waals surface area contributed by atoms with Gasteiger partial charge in [0.2, 0.25) is 0 Å². The third-order valence-electron chi connectivity index (χ3n) is 5.44. The largest absolute Gasteiger partial charge is 0.333 e. The van der Waals surface area contributed by atoms with Crippen LogP contribution in [-0.4, -0.2) is 39.7 Å². The van der Waals surface area contributed by atoms with Crippen molar-refractivity contribution in [2.75, 3.05) is 13.1 Å². The number of benzene rings is 1. The van der Waals surface area contributed by atoms with Gasteiger partial charge in [-0.2, -0.15) is 5.10 Å². The van der Waals surface area contributed by atoms with Crippen molar-refractivity contribution in [1.29, 1.82) is 0 Å². The zero-order valence-electron chi connectivity index (χ0n) is 15.0. The van der Waals surface area contributed by atoms with E-state index in [2.05, 4.69) is 5.10 Å². The molecule has 4 rings (SSSR count). The van der Waals surface area contributed by atoms with E-state index in [4.69, 9.17) is 5.73 Å². The molecule has 1 unspecified atom stereocenters. The molecule has 0 spiro atoms. The van der Waals surface area contributed by atoms with Gasteiger partial charge in [-0.3, -0.25) is 4.79 Å². The fraction of sp³-hybridized carbons (Fsp3) is 0.474.